The minimum atomic E-state index is -1.80. The van der Waals surface area contributed by atoms with Crippen LogP contribution in [0.2, 0.25) is 0 Å². The van der Waals surface area contributed by atoms with Crippen molar-refractivity contribution < 1.29 is 49.0 Å². The zero-order valence-electron chi connectivity index (χ0n) is 8.94. The third-order valence-electron chi connectivity index (χ3n) is 1.67. The van der Waals surface area contributed by atoms with Gasteiger partial charge >= 0.3 is 29.6 Å². The topological polar surface area (TPSA) is 86.3 Å². The number of hydrogen-bond acceptors (Lipinski definition) is 4. The first-order valence-electron chi connectivity index (χ1n) is 4.14. The van der Waals surface area contributed by atoms with E-state index in [4.69, 9.17) is 0 Å². The molecule has 0 unspecified atom stereocenters. The van der Waals surface area contributed by atoms with E-state index in [9.17, 15) is 19.5 Å². The normalized spacial score (nSPS) is 8.81. The van der Waals surface area contributed by atoms with Gasteiger partial charge in [0.1, 0.15) is 5.97 Å². The van der Waals surface area contributed by atoms with Crippen LogP contribution in [0.3, 0.4) is 0 Å². The molecule has 78 valence electrons. The predicted octanol–water partition coefficient (Wildman–Crippen LogP) is -3.42. The van der Waals surface area contributed by atoms with E-state index in [-0.39, 0.29) is 46.7 Å². The molecule has 6 heteroatoms. The van der Waals surface area contributed by atoms with Gasteiger partial charge in [-0.1, -0.05) is 12.1 Å². The Kier molecular flexibility index (Phi) is 5.95. The molecule has 1 N–H and O–H groups in total. The van der Waals surface area contributed by atoms with Crippen molar-refractivity contribution in [3.05, 3.63) is 29.8 Å². The summed E-state index contributed by atoms with van der Waals surface area (Å²) in [4.78, 5) is 32.3. The molecule has 1 amide bonds. The third-order valence-corrected chi connectivity index (χ3v) is 1.67. The molecule has 1 aromatic carbocycles. The summed E-state index contributed by atoms with van der Waals surface area (Å²) >= 11 is 0. The Morgan fingerprint density at radius 2 is 1.75 bits per heavy atom. The molecule has 0 saturated carbocycles. The SMILES string of the molecule is CC(=O)Nc1ccccc1C(=O)C(=O)[O-].[Na+]. The Balaban J connectivity index is 0.00000225. The van der Waals surface area contributed by atoms with Crippen molar-refractivity contribution in [2.24, 2.45) is 0 Å². The van der Waals surface area contributed by atoms with Gasteiger partial charge in [0.05, 0.1) is 5.69 Å². The van der Waals surface area contributed by atoms with Gasteiger partial charge in [-0.15, -0.1) is 0 Å². The molecular formula is C10H8NNaO4. The molecule has 0 heterocycles. The Bertz CT molecular complexity index is 431. The molecule has 0 spiro atoms. The summed E-state index contributed by atoms with van der Waals surface area (Å²) in [6.07, 6.45) is 0. The Labute approximate surface area is 114 Å². The number of nitrogens with one attached hydrogen (secondary N) is 1. The van der Waals surface area contributed by atoms with E-state index in [0.717, 1.165) is 0 Å². The van der Waals surface area contributed by atoms with Gasteiger partial charge in [-0.2, -0.15) is 0 Å². The second kappa shape index (κ2) is 6.42. The molecule has 0 bridgehead atoms. The maximum absolute atomic E-state index is 11.1. The molecule has 0 saturated heterocycles. The first-order chi connectivity index (χ1) is 7.02. The van der Waals surface area contributed by atoms with Crippen molar-refractivity contribution in [3.63, 3.8) is 0 Å². The van der Waals surface area contributed by atoms with Crippen LogP contribution >= 0.6 is 0 Å². The van der Waals surface area contributed by atoms with Crippen molar-refractivity contribution in [1.29, 1.82) is 0 Å². The van der Waals surface area contributed by atoms with Crippen LogP contribution in [-0.2, 0) is 9.59 Å². The summed E-state index contributed by atoms with van der Waals surface area (Å²) < 4.78 is 0. The molecule has 0 aliphatic heterocycles. The number of anilines is 1. The molecule has 0 aliphatic rings. The zero-order valence-corrected chi connectivity index (χ0v) is 10.9. The van der Waals surface area contributed by atoms with Gasteiger partial charge in [0, 0.05) is 12.5 Å². The molecule has 0 aromatic heterocycles. The van der Waals surface area contributed by atoms with Gasteiger partial charge in [-0.25, -0.2) is 0 Å². The second-order valence-corrected chi connectivity index (χ2v) is 2.84. The summed E-state index contributed by atoms with van der Waals surface area (Å²) in [5.74, 6) is -3.33. The number of carboxylic acid groups (broad SMARTS) is 1. The second-order valence-electron chi connectivity index (χ2n) is 2.84. The Hall–Kier alpha value is -1.17. The summed E-state index contributed by atoms with van der Waals surface area (Å²) in [5, 5.41) is 12.7. The molecule has 1 rings (SSSR count). The fourth-order valence-electron chi connectivity index (χ4n) is 1.09. The van der Waals surface area contributed by atoms with E-state index in [1.807, 2.05) is 0 Å². The van der Waals surface area contributed by atoms with Crippen LogP contribution in [0, 0.1) is 0 Å². The van der Waals surface area contributed by atoms with E-state index in [0.29, 0.717) is 0 Å². The first-order valence-corrected chi connectivity index (χ1v) is 4.14. The van der Waals surface area contributed by atoms with Crippen LogP contribution in [-0.4, -0.2) is 17.7 Å². The summed E-state index contributed by atoms with van der Waals surface area (Å²) in [5.41, 5.74) is 0.0758. The van der Waals surface area contributed by atoms with E-state index < -0.39 is 11.8 Å². The molecule has 16 heavy (non-hydrogen) atoms. The van der Waals surface area contributed by atoms with Crippen LogP contribution in [0.25, 0.3) is 0 Å². The van der Waals surface area contributed by atoms with Crippen LogP contribution in [0.15, 0.2) is 24.3 Å². The molecule has 0 radical (unpaired) electrons. The summed E-state index contributed by atoms with van der Waals surface area (Å²) in [7, 11) is 0. The smallest absolute Gasteiger partial charge is 0.541 e. The van der Waals surface area contributed by atoms with Crippen molar-refractivity contribution in [2.45, 2.75) is 6.92 Å². The van der Waals surface area contributed by atoms with Crippen molar-refractivity contribution >= 4 is 23.3 Å². The standard InChI is InChI=1S/C10H9NO4.Na/c1-6(12)11-8-5-3-2-4-7(8)9(13)10(14)15;/h2-5H,1H3,(H,11,12)(H,14,15);/q;+1/p-1. The molecule has 0 fully saturated rings. The number of amides is 1. The number of carboxylic acids is 1. The van der Waals surface area contributed by atoms with Gasteiger partial charge in [0.25, 0.3) is 0 Å². The number of benzene rings is 1. The van der Waals surface area contributed by atoms with E-state index in [1.54, 1.807) is 6.07 Å². The van der Waals surface area contributed by atoms with Gasteiger partial charge in [0.2, 0.25) is 11.7 Å². The maximum Gasteiger partial charge on any atom is 1.00 e. The van der Waals surface area contributed by atoms with Gasteiger partial charge < -0.3 is 15.2 Å². The number of hydrogen-bond donors (Lipinski definition) is 1. The minimum absolute atomic E-state index is 0. The van der Waals surface area contributed by atoms with E-state index in [1.165, 1.54) is 25.1 Å². The van der Waals surface area contributed by atoms with Gasteiger partial charge in [-0.3, -0.25) is 9.59 Å². The fourth-order valence-corrected chi connectivity index (χ4v) is 1.09. The molecule has 0 aliphatic carbocycles. The predicted molar refractivity (Wildman–Crippen MR) is 50.1 cm³/mol. The minimum Gasteiger partial charge on any atom is -0.541 e. The maximum atomic E-state index is 11.1. The van der Waals surface area contributed by atoms with Crippen LogP contribution in [0.5, 0.6) is 0 Å². The molecule has 5 nitrogen and oxygen atoms in total. The largest absolute Gasteiger partial charge is 1.00 e. The molecule has 0 atom stereocenters. The van der Waals surface area contributed by atoms with Gasteiger partial charge in [0.15, 0.2) is 0 Å². The van der Waals surface area contributed by atoms with Crippen molar-refractivity contribution in [3.8, 4) is 0 Å². The number of ketones is 1. The molecule has 1 aromatic rings. The average Bonchev–Trinajstić information content (AvgIpc) is 2.16. The van der Waals surface area contributed by atoms with Crippen LogP contribution in [0.4, 0.5) is 5.69 Å². The zero-order chi connectivity index (χ0) is 11.4. The number of para-hydroxylation sites is 1. The fraction of sp³-hybridized carbons (Fsp3) is 0.100. The van der Waals surface area contributed by atoms with Crippen LogP contribution < -0.4 is 40.0 Å². The van der Waals surface area contributed by atoms with E-state index in [2.05, 4.69) is 5.32 Å². The van der Waals surface area contributed by atoms with Gasteiger partial charge in [-0.05, 0) is 12.1 Å². The number of carbonyl (C=O) groups is 3. The monoisotopic (exact) mass is 229 g/mol. The number of Topliss-reactive ketones (excluding diaryl/α,β-unsaturated/α-hetero) is 1. The Morgan fingerprint density at radius 1 is 1.19 bits per heavy atom. The van der Waals surface area contributed by atoms with Crippen molar-refractivity contribution in [1.82, 2.24) is 0 Å². The van der Waals surface area contributed by atoms with E-state index >= 15 is 0 Å². The van der Waals surface area contributed by atoms with Crippen molar-refractivity contribution in [2.75, 3.05) is 5.32 Å². The number of rotatable bonds is 3. The first kappa shape index (κ1) is 14.8. The average molecular weight is 229 g/mol. The Morgan fingerprint density at radius 3 is 2.25 bits per heavy atom. The molecular weight excluding hydrogens is 221 g/mol. The number of carbonyl (C=O) groups excluding carboxylic acids is 3. The quantitative estimate of drug-likeness (QED) is 0.332. The summed E-state index contributed by atoms with van der Waals surface area (Å²) in [6, 6.07) is 5.83. The summed E-state index contributed by atoms with van der Waals surface area (Å²) in [6.45, 7) is 1.26. The van der Waals surface area contributed by atoms with Crippen LogP contribution in [0.1, 0.15) is 17.3 Å². The third kappa shape index (κ3) is 3.77. The number of aliphatic carboxylic acids is 1.